The molecule has 0 bridgehead atoms. The average Bonchev–Trinajstić information content (AvgIpc) is 3.03. The van der Waals surface area contributed by atoms with Crippen molar-refractivity contribution in [1.29, 1.82) is 0 Å². The summed E-state index contributed by atoms with van der Waals surface area (Å²) in [5, 5.41) is 8.18. The van der Waals surface area contributed by atoms with Crippen LogP contribution in [0.4, 0.5) is 0 Å². The van der Waals surface area contributed by atoms with Crippen LogP contribution < -0.4 is 5.32 Å². The van der Waals surface area contributed by atoms with Crippen LogP contribution in [-0.4, -0.2) is 21.3 Å². The summed E-state index contributed by atoms with van der Waals surface area (Å²) in [4.78, 5) is 5.48. The van der Waals surface area contributed by atoms with E-state index in [2.05, 4.69) is 46.9 Å². The van der Waals surface area contributed by atoms with E-state index in [9.17, 15) is 0 Å². The van der Waals surface area contributed by atoms with Gasteiger partial charge in [-0.1, -0.05) is 6.92 Å². The highest BCUT2D eigenvalue weighted by Crippen LogP contribution is 2.21. The third-order valence-electron chi connectivity index (χ3n) is 3.12. The van der Waals surface area contributed by atoms with Gasteiger partial charge in [-0.25, -0.2) is 0 Å². The first-order chi connectivity index (χ1) is 9.24. The normalized spacial score (nSPS) is 12.8. The summed E-state index contributed by atoms with van der Waals surface area (Å²) >= 11 is 1.72. The molecular formula is C14H22N4S. The Morgan fingerprint density at radius 1 is 1.42 bits per heavy atom. The van der Waals surface area contributed by atoms with Crippen molar-refractivity contribution in [1.82, 2.24) is 20.1 Å². The fourth-order valence-corrected chi connectivity index (χ4v) is 2.89. The van der Waals surface area contributed by atoms with Crippen LogP contribution in [0.3, 0.4) is 0 Å². The van der Waals surface area contributed by atoms with Gasteiger partial charge in [0.2, 0.25) is 0 Å². The number of aromatic nitrogens is 3. The highest BCUT2D eigenvalue weighted by molar-refractivity contribution is 7.09. The Morgan fingerprint density at radius 3 is 2.89 bits per heavy atom. The van der Waals surface area contributed by atoms with Crippen molar-refractivity contribution in [3.63, 3.8) is 0 Å². The van der Waals surface area contributed by atoms with Gasteiger partial charge in [0, 0.05) is 24.0 Å². The lowest BCUT2D eigenvalue weighted by Gasteiger charge is -2.18. The Morgan fingerprint density at radius 2 is 2.26 bits per heavy atom. The van der Waals surface area contributed by atoms with E-state index in [4.69, 9.17) is 0 Å². The van der Waals surface area contributed by atoms with E-state index in [1.165, 1.54) is 10.6 Å². The summed E-state index contributed by atoms with van der Waals surface area (Å²) in [7, 11) is 0. The molecule has 2 aromatic heterocycles. The molecule has 0 saturated heterocycles. The minimum Gasteiger partial charge on any atom is -0.308 e. The molecule has 2 aromatic rings. The second-order valence-electron chi connectivity index (χ2n) is 4.70. The summed E-state index contributed by atoms with van der Waals surface area (Å²) < 4.78 is 2.10. The lowest BCUT2D eigenvalue weighted by atomic mass is 10.1. The van der Waals surface area contributed by atoms with E-state index in [-0.39, 0.29) is 0 Å². The zero-order valence-electron chi connectivity index (χ0n) is 11.9. The van der Waals surface area contributed by atoms with E-state index in [0.29, 0.717) is 6.04 Å². The molecular weight excluding hydrogens is 256 g/mol. The van der Waals surface area contributed by atoms with E-state index in [0.717, 1.165) is 31.6 Å². The molecule has 0 saturated carbocycles. The Hall–Kier alpha value is -1.20. The molecule has 2 heterocycles. The number of hydrogen-bond acceptors (Lipinski definition) is 4. The highest BCUT2D eigenvalue weighted by Gasteiger charge is 2.17. The highest BCUT2D eigenvalue weighted by atomic mass is 32.1. The molecule has 5 heteroatoms. The first-order valence-electron chi connectivity index (χ1n) is 6.89. The summed E-state index contributed by atoms with van der Waals surface area (Å²) in [5.41, 5.74) is 4.26. The Balaban J connectivity index is 2.20. The summed E-state index contributed by atoms with van der Waals surface area (Å²) in [6.07, 6.45) is 4.08. The lowest BCUT2D eigenvalue weighted by Crippen LogP contribution is -2.26. The van der Waals surface area contributed by atoms with Gasteiger partial charge in [-0.3, -0.25) is 9.67 Å². The Kier molecular flexibility index (Phi) is 5.10. The standard InChI is InChI=1S/C14H22N4S/c1-4-6-16-13(8-12-9-15-10-19-12)14-7-11(3)17-18(14)5-2/h7,9-10,13,16H,4-6,8H2,1-3H3. The van der Waals surface area contributed by atoms with Gasteiger partial charge in [0.25, 0.3) is 0 Å². The largest absolute Gasteiger partial charge is 0.308 e. The predicted molar refractivity (Wildman–Crippen MR) is 79.5 cm³/mol. The first-order valence-corrected chi connectivity index (χ1v) is 7.77. The van der Waals surface area contributed by atoms with Crippen LogP contribution in [0.25, 0.3) is 0 Å². The van der Waals surface area contributed by atoms with Gasteiger partial charge < -0.3 is 5.32 Å². The van der Waals surface area contributed by atoms with Crippen molar-refractivity contribution in [2.24, 2.45) is 0 Å². The number of rotatable bonds is 7. The van der Waals surface area contributed by atoms with Gasteiger partial charge >= 0.3 is 0 Å². The molecule has 0 radical (unpaired) electrons. The third-order valence-corrected chi connectivity index (χ3v) is 3.92. The van der Waals surface area contributed by atoms with E-state index >= 15 is 0 Å². The number of hydrogen-bond donors (Lipinski definition) is 1. The van der Waals surface area contributed by atoms with Crippen LogP contribution >= 0.6 is 11.3 Å². The number of nitrogens with one attached hydrogen (secondary N) is 1. The molecule has 0 aliphatic rings. The molecule has 0 fully saturated rings. The topological polar surface area (TPSA) is 42.7 Å². The monoisotopic (exact) mass is 278 g/mol. The Labute approximate surface area is 118 Å². The SMILES string of the molecule is CCCNC(Cc1cncs1)c1cc(C)nn1CC. The van der Waals surface area contributed by atoms with Crippen molar-refractivity contribution >= 4 is 11.3 Å². The molecule has 0 aliphatic carbocycles. The third kappa shape index (κ3) is 3.64. The molecule has 0 amide bonds. The van der Waals surface area contributed by atoms with E-state index in [1.54, 1.807) is 11.3 Å². The molecule has 4 nitrogen and oxygen atoms in total. The molecule has 19 heavy (non-hydrogen) atoms. The minimum atomic E-state index is 0.321. The zero-order chi connectivity index (χ0) is 13.7. The summed E-state index contributed by atoms with van der Waals surface area (Å²) in [5.74, 6) is 0. The molecule has 1 unspecified atom stereocenters. The van der Waals surface area contributed by atoms with Crippen LogP contribution in [0, 0.1) is 6.92 Å². The van der Waals surface area contributed by atoms with Crippen LogP contribution in [0.2, 0.25) is 0 Å². The molecule has 1 N–H and O–H groups in total. The van der Waals surface area contributed by atoms with Crippen LogP contribution in [0.15, 0.2) is 17.8 Å². The number of thiazole rings is 1. The minimum absolute atomic E-state index is 0.321. The fraction of sp³-hybridized carbons (Fsp3) is 0.571. The van der Waals surface area contributed by atoms with Crippen molar-refractivity contribution in [3.05, 3.63) is 34.0 Å². The Bertz CT molecular complexity index is 490. The number of aryl methyl sites for hydroxylation is 2. The van der Waals surface area contributed by atoms with Crippen molar-refractivity contribution in [2.45, 2.75) is 46.2 Å². The second kappa shape index (κ2) is 6.82. The van der Waals surface area contributed by atoms with E-state index < -0.39 is 0 Å². The number of nitrogens with zero attached hydrogens (tertiary/aromatic N) is 3. The lowest BCUT2D eigenvalue weighted by molar-refractivity contribution is 0.480. The molecule has 0 aliphatic heterocycles. The van der Waals surface area contributed by atoms with Gasteiger partial charge in [0.15, 0.2) is 0 Å². The average molecular weight is 278 g/mol. The van der Waals surface area contributed by atoms with Crippen LogP contribution in [-0.2, 0) is 13.0 Å². The van der Waals surface area contributed by atoms with Gasteiger partial charge in [-0.05, 0) is 32.9 Å². The smallest absolute Gasteiger partial charge is 0.0794 e. The summed E-state index contributed by atoms with van der Waals surface area (Å²) in [6, 6.07) is 2.51. The predicted octanol–water partition coefficient (Wildman–Crippen LogP) is 2.95. The van der Waals surface area contributed by atoms with Crippen LogP contribution in [0.1, 0.15) is 42.6 Å². The van der Waals surface area contributed by atoms with E-state index in [1.807, 2.05) is 11.7 Å². The molecule has 2 rings (SSSR count). The van der Waals surface area contributed by atoms with Gasteiger partial charge in [-0.2, -0.15) is 5.10 Å². The maximum Gasteiger partial charge on any atom is 0.0794 e. The summed E-state index contributed by atoms with van der Waals surface area (Å²) in [6.45, 7) is 8.32. The van der Waals surface area contributed by atoms with Crippen molar-refractivity contribution < 1.29 is 0 Å². The van der Waals surface area contributed by atoms with Gasteiger partial charge in [0.05, 0.1) is 22.9 Å². The van der Waals surface area contributed by atoms with Crippen LogP contribution in [0.5, 0.6) is 0 Å². The maximum absolute atomic E-state index is 4.55. The van der Waals surface area contributed by atoms with Gasteiger partial charge in [0.1, 0.15) is 0 Å². The molecule has 104 valence electrons. The molecule has 1 atom stereocenters. The molecule has 0 aromatic carbocycles. The zero-order valence-corrected chi connectivity index (χ0v) is 12.7. The van der Waals surface area contributed by atoms with Crippen molar-refractivity contribution in [3.8, 4) is 0 Å². The maximum atomic E-state index is 4.55. The first kappa shape index (κ1) is 14.2. The quantitative estimate of drug-likeness (QED) is 0.846. The fourth-order valence-electron chi connectivity index (χ4n) is 2.24. The second-order valence-corrected chi connectivity index (χ2v) is 5.68. The molecule has 0 spiro atoms. The van der Waals surface area contributed by atoms with Crippen molar-refractivity contribution in [2.75, 3.05) is 6.54 Å². The van der Waals surface area contributed by atoms with Gasteiger partial charge in [-0.15, -0.1) is 11.3 Å².